The molecular weight excluding hydrogens is 228 g/mol. The minimum atomic E-state index is -0.485. The second kappa shape index (κ2) is 3.70. The summed E-state index contributed by atoms with van der Waals surface area (Å²) in [7, 11) is 0. The molecule has 0 saturated carbocycles. The maximum absolute atomic E-state index is 11.5. The Morgan fingerprint density at radius 3 is 2.33 bits per heavy atom. The summed E-state index contributed by atoms with van der Waals surface area (Å²) >= 11 is 0. The predicted octanol–water partition coefficient (Wildman–Crippen LogP) is 1.99. The van der Waals surface area contributed by atoms with Crippen LogP contribution >= 0.6 is 0 Å². The van der Waals surface area contributed by atoms with Crippen molar-refractivity contribution >= 4 is 11.6 Å². The zero-order valence-electron chi connectivity index (χ0n) is 9.42. The molecule has 2 aromatic carbocycles. The second-order valence-electron chi connectivity index (χ2n) is 4.09. The molecule has 1 amide bonds. The van der Waals surface area contributed by atoms with E-state index in [2.05, 4.69) is 5.16 Å². The van der Waals surface area contributed by atoms with E-state index in [1.54, 1.807) is 12.1 Å². The first-order valence-corrected chi connectivity index (χ1v) is 5.49. The molecule has 0 spiro atoms. The number of primary amides is 1. The summed E-state index contributed by atoms with van der Waals surface area (Å²) in [6.07, 6.45) is 0. The average Bonchev–Trinajstić information content (AvgIpc) is 2.72. The molecule has 0 unspecified atom stereocenters. The highest BCUT2D eigenvalue weighted by molar-refractivity contribution is 6.26. The van der Waals surface area contributed by atoms with Gasteiger partial charge in [0.25, 0.3) is 0 Å². The number of nitrogens with zero attached hydrogens (tertiary/aromatic N) is 1. The Labute approximate surface area is 103 Å². The minimum absolute atomic E-state index is 0.443. The number of hydrogen-bond donors (Lipinski definition) is 2. The predicted molar refractivity (Wildman–Crippen MR) is 67.8 cm³/mol. The first kappa shape index (κ1) is 10.5. The van der Waals surface area contributed by atoms with E-state index in [9.17, 15) is 4.79 Å². The lowest BCUT2D eigenvalue weighted by molar-refractivity contribution is 0.100. The number of oxime groups is 1. The number of benzene rings is 2. The van der Waals surface area contributed by atoms with Crippen molar-refractivity contribution in [3.63, 3.8) is 0 Å². The van der Waals surface area contributed by atoms with Gasteiger partial charge >= 0.3 is 0 Å². The molecule has 0 heterocycles. The maximum atomic E-state index is 11.5. The summed E-state index contributed by atoms with van der Waals surface area (Å²) in [6, 6.07) is 12.7. The van der Waals surface area contributed by atoms with Gasteiger partial charge < -0.3 is 10.9 Å². The normalized spacial score (nSPS) is 14.3. The highest BCUT2D eigenvalue weighted by atomic mass is 16.4. The van der Waals surface area contributed by atoms with Crippen LogP contribution in [0.25, 0.3) is 11.1 Å². The van der Waals surface area contributed by atoms with Gasteiger partial charge in [0.15, 0.2) is 0 Å². The molecule has 0 radical (unpaired) electrons. The van der Waals surface area contributed by atoms with Gasteiger partial charge in [0, 0.05) is 22.3 Å². The lowest BCUT2D eigenvalue weighted by Gasteiger charge is -2.05. The van der Waals surface area contributed by atoms with E-state index in [0.29, 0.717) is 11.3 Å². The van der Waals surface area contributed by atoms with Crippen molar-refractivity contribution in [1.82, 2.24) is 0 Å². The fraction of sp³-hybridized carbons (Fsp3) is 0. The summed E-state index contributed by atoms with van der Waals surface area (Å²) in [4.78, 5) is 11.5. The number of hydrogen-bond acceptors (Lipinski definition) is 3. The summed E-state index contributed by atoms with van der Waals surface area (Å²) in [5, 5.41) is 12.5. The van der Waals surface area contributed by atoms with Gasteiger partial charge in [-0.25, -0.2) is 0 Å². The molecular formula is C14H10N2O2. The largest absolute Gasteiger partial charge is 0.410 e. The zero-order chi connectivity index (χ0) is 12.7. The number of fused-ring (bicyclic) bond motifs is 3. The Hall–Kier alpha value is -2.62. The van der Waals surface area contributed by atoms with Crippen LogP contribution in [-0.2, 0) is 0 Å². The Kier molecular flexibility index (Phi) is 2.16. The van der Waals surface area contributed by atoms with E-state index in [-0.39, 0.29) is 0 Å². The summed E-state index contributed by atoms with van der Waals surface area (Å²) < 4.78 is 0. The third kappa shape index (κ3) is 1.26. The van der Waals surface area contributed by atoms with Crippen LogP contribution in [0.4, 0.5) is 0 Å². The maximum Gasteiger partial charge on any atom is 0.249 e. The van der Waals surface area contributed by atoms with Crippen LogP contribution in [0.2, 0.25) is 0 Å². The van der Waals surface area contributed by atoms with E-state index in [1.807, 2.05) is 30.3 Å². The van der Waals surface area contributed by atoms with Crippen molar-refractivity contribution < 1.29 is 10.0 Å². The topological polar surface area (TPSA) is 75.7 Å². The van der Waals surface area contributed by atoms with E-state index in [1.165, 1.54) is 0 Å². The Morgan fingerprint density at radius 2 is 1.67 bits per heavy atom. The smallest absolute Gasteiger partial charge is 0.249 e. The molecule has 0 fully saturated rings. The standard InChI is InChI=1S/C14H10N2O2/c15-14(17)11-7-3-6-10-12(11)8-4-1-2-5-9(8)13(10)16-18/h1-7,18H,(H2,15,17). The molecule has 0 atom stereocenters. The molecule has 3 rings (SSSR count). The van der Waals surface area contributed by atoms with E-state index >= 15 is 0 Å². The van der Waals surface area contributed by atoms with Crippen LogP contribution in [0.3, 0.4) is 0 Å². The fourth-order valence-electron chi connectivity index (χ4n) is 2.41. The molecule has 0 saturated heterocycles. The van der Waals surface area contributed by atoms with Crippen molar-refractivity contribution in [1.29, 1.82) is 0 Å². The third-order valence-electron chi connectivity index (χ3n) is 3.14. The Balaban J connectivity index is 2.43. The van der Waals surface area contributed by atoms with Gasteiger partial charge in [0.1, 0.15) is 5.71 Å². The quantitative estimate of drug-likeness (QED) is 0.502. The highest BCUT2D eigenvalue weighted by Gasteiger charge is 2.28. The van der Waals surface area contributed by atoms with Gasteiger partial charge in [-0.1, -0.05) is 41.6 Å². The van der Waals surface area contributed by atoms with Gasteiger partial charge in [-0.3, -0.25) is 4.79 Å². The van der Waals surface area contributed by atoms with Gasteiger partial charge in [0.05, 0.1) is 0 Å². The zero-order valence-corrected chi connectivity index (χ0v) is 9.42. The van der Waals surface area contributed by atoms with Gasteiger partial charge in [-0.2, -0.15) is 0 Å². The van der Waals surface area contributed by atoms with E-state index in [4.69, 9.17) is 10.9 Å². The molecule has 2 aromatic rings. The van der Waals surface area contributed by atoms with E-state index in [0.717, 1.165) is 22.3 Å². The summed E-state index contributed by atoms with van der Waals surface area (Å²) in [5.41, 5.74) is 9.46. The van der Waals surface area contributed by atoms with Crippen molar-refractivity contribution in [2.24, 2.45) is 10.9 Å². The molecule has 88 valence electrons. The fourth-order valence-corrected chi connectivity index (χ4v) is 2.41. The molecule has 4 heteroatoms. The molecule has 0 aromatic heterocycles. The van der Waals surface area contributed by atoms with Crippen molar-refractivity contribution in [2.45, 2.75) is 0 Å². The van der Waals surface area contributed by atoms with Gasteiger partial charge in [-0.05, 0) is 11.6 Å². The number of amides is 1. The van der Waals surface area contributed by atoms with Crippen molar-refractivity contribution in [3.8, 4) is 11.1 Å². The highest BCUT2D eigenvalue weighted by Crippen LogP contribution is 2.38. The third-order valence-corrected chi connectivity index (χ3v) is 3.14. The second-order valence-corrected chi connectivity index (χ2v) is 4.09. The van der Waals surface area contributed by atoms with Crippen molar-refractivity contribution in [2.75, 3.05) is 0 Å². The lowest BCUT2D eigenvalue weighted by Crippen LogP contribution is -2.12. The number of nitrogens with two attached hydrogens (primary N) is 1. The summed E-state index contributed by atoms with van der Waals surface area (Å²) in [5.74, 6) is -0.485. The minimum Gasteiger partial charge on any atom is -0.410 e. The van der Waals surface area contributed by atoms with E-state index < -0.39 is 5.91 Å². The average molecular weight is 238 g/mol. The van der Waals surface area contributed by atoms with Crippen LogP contribution in [0.1, 0.15) is 21.5 Å². The molecule has 0 bridgehead atoms. The first-order valence-electron chi connectivity index (χ1n) is 5.49. The monoisotopic (exact) mass is 238 g/mol. The molecule has 0 aliphatic heterocycles. The molecule has 4 nitrogen and oxygen atoms in total. The Bertz CT molecular complexity index is 690. The van der Waals surface area contributed by atoms with Crippen molar-refractivity contribution in [3.05, 3.63) is 59.2 Å². The number of rotatable bonds is 1. The SMILES string of the molecule is NC(=O)c1cccc2c1-c1ccccc1C2=NO. The van der Waals surface area contributed by atoms with Crippen LogP contribution in [-0.4, -0.2) is 16.8 Å². The Morgan fingerprint density at radius 1 is 1.00 bits per heavy atom. The van der Waals surface area contributed by atoms with Crippen LogP contribution in [0.15, 0.2) is 47.6 Å². The molecule has 1 aliphatic rings. The van der Waals surface area contributed by atoms with Crippen LogP contribution < -0.4 is 5.73 Å². The number of carbonyl (C=O) groups excluding carboxylic acids is 1. The molecule has 18 heavy (non-hydrogen) atoms. The first-order chi connectivity index (χ1) is 8.74. The number of carbonyl (C=O) groups is 1. The van der Waals surface area contributed by atoms with Crippen LogP contribution in [0, 0.1) is 0 Å². The summed E-state index contributed by atoms with van der Waals surface area (Å²) in [6.45, 7) is 0. The van der Waals surface area contributed by atoms with Gasteiger partial charge in [-0.15, -0.1) is 0 Å². The molecule has 3 N–H and O–H groups in total. The molecule has 1 aliphatic carbocycles. The van der Waals surface area contributed by atoms with Crippen LogP contribution in [0.5, 0.6) is 0 Å². The van der Waals surface area contributed by atoms with Gasteiger partial charge in [0.2, 0.25) is 5.91 Å². The lowest BCUT2D eigenvalue weighted by atomic mass is 9.99.